The molecule has 0 aliphatic rings. The van der Waals surface area contributed by atoms with Crippen LogP contribution in [0, 0.1) is 0 Å². The fourth-order valence-corrected chi connectivity index (χ4v) is 1.59. The number of halogens is 2. The van der Waals surface area contributed by atoms with Gasteiger partial charge in [-0.25, -0.2) is 0 Å². The van der Waals surface area contributed by atoms with E-state index in [1.54, 1.807) is 12.1 Å². The second-order valence-electron chi connectivity index (χ2n) is 3.42. The van der Waals surface area contributed by atoms with E-state index in [4.69, 9.17) is 17.3 Å². The first-order valence-electron chi connectivity index (χ1n) is 4.97. The van der Waals surface area contributed by atoms with Crippen LogP contribution in [0.1, 0.15) is 5.56 Å². The van der Waals surface area contributed by atoms with Crippen LogP contribution in [-0.2, 0) is 11.2 Å². The van der Waals surface area contributed by atoms with Gasteiger partial charge in [-0.15, -0.1) is 0 Å². The predicted octanol–water partition coefficient (Wildman–Crippen LogP) is 1.72. The Balaban J connectivity index is 2.47. The molecule has 0 aliphatic heterocycles. The lowest BCUT2D eigenvalue weighted by molar-refractivity contribution is -0.122. The van der Waals surface area contributed by atoms with Gasteiger partial charge in [-0.3, -0.25) is 4.79 Å². The summed E-state index contributed by atoms with van der Waals surface area (Å²) in [6.07, 6.45) is 0.519. The lowest BCUT2D eigenvalue weighted by atomic mass is 10.1. The van der Waals surface area contributed by atoms with Crippen molar-refractivity contribution in [1.29, 1.82) is 0 Å². The molecule has 5 heteroatoms. The molecule has 1 rings (SSSR count). The first kappa shape index (κ1) is 13.5. The molecule has 1 unspecified atom stereocenters. The summed E-state index contributed by atoms with van der Waals surface area (Å²) in [5.74, 6) is -0.130. The molecular weight excluding hydrogens is 291 g/mol. The monoisotopic (exact) mass is 304 g/mol. The largest absolute Gasteiger partial charge is 0.354 e. The van der Waals surface area contributed by atoms with Gasteiger partial charge in [-0.2, -0.15) is 0 Å². The Bertz CT molecular complexity index is 342. The quantitative estimate of drug-likeness (QED) is 0.814. The maximum atomic E-state index is 11.5. The molecule has 3 N–H and O–H groups in total. The molecule has 16 heavy (non-hydrogen) atoms. The third kappa shape index (κ3) is 4.51. The third-order valence-electron chi connectivity index (χ3n) is 2.10. The van der Waals surface area contributed by atoms with Gasteiger partial charge in [-0.1, -0.05) is 39.7 Å². The first-order valence-corrected chi connectivity index (χ1v) is 6.47. The SMILES string of the molecule is NC(Cc1ccc(Cl)cc1)C(=O)NCCBr. The van der Waals surface area contributed by atoms with Gasteiger partial charge in [0.1, 0.15) is 0 Å². The van der Waals surface area contributed by atoms with E-state index in [0.717, 1.165) is 10.9 Å². The molecule has 0 saturated heterocycles. The second-order valence-corrected chi connectivity index (χ2v) is 4.65. The average molecular weight is 306 g/mol. The van der Waals surface area contributed by atoms with Crippen LogP contribution >= 0.6 is 27.5 Å². The molecule has 0 heterocycles. The molecule has 1 aromatic rings. The maximum absolute atomic E-state index is 11.5. The number of rotatable bonds is 5. The fourth-order valence-electron chi connectivity index (χ4n) is 1.27. The lowest BCUT2D eigenvalue weighted by Crippen LogP contribution is -2.42. The van der Waals surface area contributed by atoms with E-state index in [9.17, 15) is 4.79 Å². The maximum Gasteiger partial charge on any atom is 0.237 e. The highest BCUT2D eigenvalue weighted by Gasteiger charge is 2.12. The summed E-state index contributed by atoms with van der Waals surface area (Å²) in [4.78, 5) is 11.5. The van der Waals surface area contributed by atoms with Gasteiger partial charge in [-0.05, 0) is 24.1 Å². The summed E-state index contributed by atoms with van der Waals surface area (Å²) in [5, 5.41) is 4.14. The van der Waals surface area contributed by atoms with Crippen molar-refractivity contribution < 1.29 is 4.79 Å². The Hall–Kier alpha value is -0.580. The number of alkyl halides is 1. The van der Waals surface area contributed by atoms with Crippen molar-refractivity contribution in [3.8, 4) is 0 Å². The van der Waals surface area contributed by atoms with Crippen molar-refractivity contribution in [3.63, 3.8) is 0 Å². The van der Waals surface area contributed by atoms with E-state index in [2.05, 4.69) is 21.2 Å². The van der Waals surface area contributed by atoms with Gasteiger partial charge in [0.15, 0.2) is 0 Å². The van der Waals surface area contributed by atoms with Crippen LogP contribution in [0.25, 0.3) is 0 Å². The molecule has 0 aliphatic carbocycles. The number of carbonyl (C=O) groups excluding carboxylic acids is 1. The van der Waals surface area contributed by atoms with E-state index in [1.165, 1.54) is 0 Å². The number of nitrogens with one attached hydrogen (secondary N) is 1. The van der Waals surface area contributed by atoms with E-state index in [1.807, 2.05) is 12.1 Å². The lowest BCUT2D eigenvalue weighted by Gasteiger charge is -2.11. The predicted molar refractivity (Wildman–Crippen MR) is 69.9 cm³/mol. The number of amides is 1. The van der Waals surface area contributed by atoms with Crippen LogP contribution in [0.4, 0.5) is 0 Å². The van der Waals surface area contributed by atoms with Gasteiger partial charge in [0.25, 0.3) is 0 Å². The molecule has 1 aromatic carbocycles. The highest BCUT2D eigenvalue weighted by Crippen LogP contribution is 2.10. The third-order valence-corrected chi connectivity index (χ3v) is 2.75. The second kappa shape index (κ2) is 6.89. The first-order chi connectivity index (χ1) is 7.63. The van der Waals surface area contributed by atoms with Crippen LogP contribution in [0.2, 0.25) is 5.02 Å². The van der Waals surface area contributed by atoms with E-state index < -0.39 is 6.04 Å². The van der Waals surface area contributed by atoms with Gasteiger partial charge in [0.2, 0.25) is 5.91 Å². The molecule has 0 bridgehead atoms. The Morgan fingerprint density at radius 1 is 1.44 bits per heavy atom. The number of hydrogen-bond donors (Lipinski definition) is 2. The number of nitrogens with two attached hydrogens (primary N) is 1. The van der Waals surface area contributed by atoms with Gasteiger partial charge >= 0.3 is 0 Å². The van der Waals surface area contributed by atoms with Gasteiger partial charge in [0.05, 0.1) is 6.04 Å². The van der Waals surface area contributed by atoms with Crippen LogP contribution in [-0.4, -0.2) is 23.8 Å². The summed E-state index contributed by atoms with van der Waals surface area (Å²) >= 11 is 9.00. The molecular formula is C11H14BrClN2O. The Morgan fingerprint density at radius 2 is 2.06 bits per heavy atom. The summed E-state index contributed by atoms with van der Waals surface area (Å²) in [7, 11) is 0. The Kier molecular flexibility index (Phi) is 5.80. The molecule has 0 aromatic heterocycles. The molecule has 0 fully saturated rings. The zero-order valence-corrected chi connectivity index (χ0v) is 11.1. The molecule has 0 spiro atoms. The van der Waals surface area contributed by atoms with Gasteiger partial charge < -0.3 is 11.1 Å². The average Bonchev–Trinajstić information content (AvgIpc) is 2.29. The van der Waals surface area contributed by atoms with Crippen molar-refractivity contribution in [2.75, 3.05) is 11.9 Å². The molecule has 0 saturated carbocycles. The standard InChI is InChI=1S/C11H14BrClN2O/c12-5-6-15-11(16)10(14)7-8-1-3-9(13)4-2-8/h1-4,10H,5-7,14H2,(H,15,16). The van der Waals surface area contributed by atoms with Crippen molar-refractivity contribution >= 4 is 33.4 Å². The van der Waals surface area contributed by atoms with E-state index in [0.29, 0.717) is 18.0 Å². The summed E-state index contributed by atoms with van der Waals surface area (Å²) < 4.78 is 0. The van der Waals surface area contributed by atoms with Crippen LogP contribution in [0.3, 0.4) is 0 Å². The Labute approximate surface area is 108 Å². The summed E-state index contributed by atoms with van der Waals surface area (Å²) in [6, 6.07) is 6.82. The van der Waals surface area contributed by atoms with Crippen LogP contribution in [0.5, 0.6) is 0 Å². The Morgan fingerprint density at radius 3 is 2.62 bits per heavy atom. The molecule has 0 radical (unpaired) electrons. The van der Waals surface area contributed by atoms with E-state index >= 15 is 0 Å². The van der Waals surface area contributed by atoms with E-state index in [-0.39, 0.29) is 5.91 Å². The number of carbonyl (C=O) groups is 1. The van der Waals surface area contributed by atoms with Crippen molar-refractivity contribution in [1.82, 2.24) is 5.32 Å². The van der Waals surface area contributed by atoms with Crippen LogP contribution in [0.15, 0.2) is 24.3 Å². The number of hydrogen-bond acceptors (Lipinski definition) is 2. The molecule has 1 atom stereocenters. The highest BCUT2D eigenvalue weighted by molar-refractivity contribution is 9.09. The molecule has 1 amide bonds. The topological polar surface area (TPSA) is 55.1 Å². The minimum atomic E-state index is -0.514. The summed E-state index contributed by atoms with van der Waals surface area (Å²) in [5.41, 5.74) is 6.77. The van der Waals surface area contributed by atoms with Crippen molar-refractivity contribution in [3.05, 3.63) is 34.9 Å². The minimum absolute atomic E-state index is 0.130. The number of benzene rings is 1. The zero-order chi connectivity index (χ0) is 12.0. The minimum Gasteiger partial charge on any atom is -0.354 e. The molecule has 3 nitrogen and oxygen atoms in total. The van der Waals surface area contributed by atoms with Crippen molar-refractivity contribution in [2.45, 2.75) is 12.5 Å². The van der Waals surface area contributed by atoms with Gasteiger partial charge in [0, 0.05) is 16.9 Å². The highest BCUT2D eigenvalue weighted by atomic mass is 79.9. The fraction of sp³-hybridized carbons (Fsp3) is 0.364. The van der Waals surface area contributed by atoms with Crippen molar-refractivity contribution in [2.24, 2.45) is 5.73 Å². The normalized spacial score (nSPS) is 12.2. The van der Waals surface area contributed by atoms with Crippen LogP contribution < -0.4 is 11.1 Å². The summed E-state index contributed by atoms with van der Waals surface area (Å²) in [6.45, 7) is 0.590. The molecule has 88 valence electrons. The zero-order valence-electron chi connectivity index (χ0n) is 8.75. The smallest absolute Gasteiger partial charge is 0.237 e.